The van der Waals surface area contributed by atoms with Crippen molar-refractivity contribution in [1.82, 2.24) is 0 Å². The highest BCUT2D eigenvalue weighted by molar-refractivity contribution is 5.92. The summed E-state index contributed by atoms with van der Waals surface area (Å²) in [6, 6.07) is 11.6. The van der Waals surface area contributed by atoms with Gasteiger partial charge < -0.3 is 31.6 Å². The molecule has 0 radical (unpaired) electrons. The van der Waals surface area contributed by atoms with E-state index in [1.54, 1.807) is 38.1 Å². The Labute approximate surface area is 201 Å². The molecule has 0 atom stereocenters. The van der Waals surface area contributed by atoms with E-state index in [4.69, 9.17) is 20.9 Å². The lowest BCUT2D eigenvalue weighted by Gasteiger charge is -2.15. The van der Waals surface area contributed by atoms with Gasteiger partial charge in [-0.2, -0.15) is 0 Å². The molecule has 2 aliphatic rings. The normalized spacial score (nSPS) is 15.1. The first kappa shape index (κ1) is 25.2. The lowest BCUT2D eigenvalue weighted by Crippen LogP contribution is -2.16. The Morgan fingerprint density at radius 1 is 0.765 bits per heavy atom. The van der Waals surface area contributed by atoms with Crippen LogP contribution in [0.1, 0.15) is 73.1 Å². The third kappa shape index (κ3) is 7.30. The summed E-state index contributed by atoms with van der Waals surface area (Å²) in [6.45, 7) is 4.32. The highest BCUT2D eigenvalue weighted by atomic mass is 16.5. The minimum Gasteiger partial charge on any atom is -0.462 e. The summed E-state index contributed by atoms with van der Waals surface area (Å²) in [4.78, 5) is 23.0. The molecule has 0 amide bonds. The largest absolute Gasteiger partial charge is 0.462 e. The van der Waals surface area contributed by atoms with Crippen LogP contribution >= 0.6 is 0 Å². The first-order valence-corrected chi connectivity index (χ1v) is 12.1. The molecule has 6 N–H and O–H groups in total. The smallest absolute Gasteiger partial charge is 0.338 e. The van der Waals surface area contributed by atoms with E-state index < -0.39 is 0 Å². The first-order chi connectivity index (χ1) is 16.4. The van der Waals surface area contributed by atoms with Crippen LogP contribution in [0.4, 0.5) is 22.7 Å². The van der Waals surface area contributed by atoms with Gasteiger partial charge in [0.05, 0.1) is 47.1 Å². The minimum atomic E-state index is -0.327. The number of rotatable bonds is 8. The van der Waals surface area contributed by atoms with E-state index in [2.05, 4.69) is 10.6 Å². The summed E-state index contributed by atoms with van der Waals surface area (Å²) in [5.74, 6) is -0.649. The zero-order chi connectivity index (χ0) is 24.5. The highest BCUT2D eigenvalue weighted by Gasteiger charge is 2.22. The molecular weight excluding hydrogens is 432 g/mol. The van der Waals surface area contributed by atoms with Crippen molar-refractivity contribution < 1.29 is 19.1 Å². The third-order valence-corrected chi connectivity index (χ3v) is 5.78. The molecule has 0 saturated heterocycles. The number of nitrogen functional groups attached to an aromatic ring is 2. The maximum atomic E-state index is 11.6. The van der Waals surface area contributed by atoms with Gasteiger partial charge in [0.15, 0.2) is 0 Å². The van der Waals surface area contributed by atoms with Crippen LogP contribution < -0.4 is 22.1 Å². The summed E-state index contributed by atoms with van der Waals surface area (Å²) >= 11 is 0. The monoisotopic (exact) mass is 468 g/mol. The van der Waals surface area contributed by atoms with E-state index in [1.807, 2.05) is 12.1 Å². The molecule has 0 unspecified atom stereocenters. The molecule has 0 bridgehead atoms. The molecule has 2 saturated carbocycles. The standard InChI is InChI=1S/C14H20N2O2.C12H16N2O2/c1-2-18-14(17)10-7-8-13(12(15)9-10)16-11-5-3-4-6-11;1-2-16-12(15)8-3-6-11(10(13)7-8)14-9-4-5-9/h7-9,11,16H,2-6,15H2,1H3;3,6-7,9,14H,2,4-5,13H2,1H3. The molecule has 8 heteroatoms. The van der Waals surface area contributed by atoms with Crippen molar-refractivity contribution in [2.45, 2.75) is 64.5 Å². The number of hydrogen-bond acceptors (Lipinski definition) is 8. The van der Waals surface area contributed by atoms with Crippen molar-refractivity contribution in [3.05, 3.63) is 47.5 Å². The van der Waals surface area contributed by atoms with Gasteiger partial charge in [-0.25, -0.2) is 9.59 Å². The SMILES string of the molecule is CCOC(=O)c1ccc(NC2CC2)c(N)c1.CCOC(=O)c1ccc(NC2CCCC2)c(N)c1. The van der Waals surface area contributed by atoms with Crippen LogP contribution in [0.2, 0.25) is 0 Å². The fourth-order valence-corrected chi connectivity index (χ4v) is 3.81. The number of ether oxygens (including phenoxy) is 2. The van der Waals surface area contributed by atoms with Gasteiger partial charge in [-0.15, -0.1) is 0 Å². The Balaban J connectivity index is 0.000000192. The fourth-order valence-electron chi connectivity index (χ4n) is 3.81. The summed E-state index contributed by atoms with van der Waals surface area (Å²) in [5, 5.41) is 6.74. The summed E-state index contributed by atoms with van der Waals surface area (Å²) < 4.78 is 9.84. The molecule has 34 heavy (non-hydrogen) atoms. The van der Waals surface area contributed by atoms with Gasteiger partial charge in [-0.1, -0.05) is 12.8 Å². The van der Waals surface area contributed by atoms with Crippen molar-refractivity contribution in [3.63, 3.8) is 0 Å². The number of nitrogens with one attached hydrogen (secondary N) is 2. The second-order valence-corrected chi connectivity index (χ2v) is 8.59. The van der Waals surface area contributed by atoms with Crippen molar-refractivity contribution in [1.29, 1.82) is 0 Å². The van der Waals surface area contributed by atoms with E-state index >= 15 is 0 Å². The second kappa shape index (κ2) is 12.2. The summed E-state index contributed by atoms with van der Waals surface area (Å²) in [7, 11) is 0. The zero-order valence-electron chi connectivity index (χ0n) is 20.1. The van der Waals surface area contributed by atoms with Crippen LogP contribution in [-0.4, -0.2) is 37.2 Å². The Kier molecular flexibility index (Phi) is 9.01. The van der Waals surface area contributed by atoms with E-state index in [0.29, 0.717) is 47.8 Å². The first-order valence-electron chi connectivity index (χ1n) is 12.1. The Hall–Kier alpha value is -3.42. The molecule has 2 fully saturated rings. The number of carbonyl (C=O) groups excluding carboxylic acids is 2. The molecule has 184 valence electrons. The Bertz CT molecular complexity index is 985. The second-order valence-electron chi connectivity index (χ2n) is 8.59. The van der Waals surface area contributed by atoms with Crippen LogP contribution in [0.5, 0.6) is 0 Å². The van der Waals surface area contributed by atoms with Crippen molar-refractivity contribution in [3.8, 4) is 0 Å². The molecule has 0 heterocycles. The van der Waals surface area contributed by atoms with Gasteiger partial charge in [0.2, 0.25) is 0 Å². The molecule has 2 aromatic rings. The maximum absolute atomic E-state index is 11.6. The van der Waals surface area contributed by atoms with E-state index in [-0.39, 0.29) is 11.9 Å². The average molecular weight is 469 g/mol. The number of esters is 2. The zero-order valence-corrected chi connectivity index (χ0v) is 20.1. The molecule has 4 rings (SSSR count). The van der Waals surface area contributed by atoms with Crippen LogP contribution in [0.25, 0.3) is 0 Å². The number of carbonyl (C=O) groups is 2. The molecule has 2 aliphatic carbocycles. The molecular formula is C26H36N4O4. The lowest BCUT2D eigenvalue weighted by molar-refractivity contribution is 0.0517. The van der Waals surface area contributed by atoms with Crippen LogP contribution in [0.3, 0.4) is 0 Å². The number of hydrogen-bond donors (Lipinski definition) is 4. The average Bonchev–Trinajstić information content (AvgIpc) is 3.49. The number of nitrogens with two attached hydrogens (primary N) is 2. The van der Waals surface area contributed by atoms with Crippen LogP contribution in [0.15, 0.2) is 36.4 Å². The van der Waals surface area contributed by atoms with E-state index in [1.165, 1.54) is 38.5 Å². The number of benzene rings is 2. The van der Waals surface area contributed by atoms with E-state index in [0.717, 1.165) is 11.4 Å². The molecule has 0 aliphatic heterocycles. The molecule has 0 aromatic heterocycles. The van der Waals surface area contributed by atoms with Gasteiger partial charge >= 0.3 is 11.9 Å². The summed E-state index contributed by atoms with van der Waals surface area (Å²) in [6.07, 6.45) is 7.33. The van der Waals surface area contributed by atoms with Gasteiger partial charge in [-0.3, -0.25) is 0 Å². The van der Waals surface area contributed by atoms with Crippen LogP contribution in [0, 0.1) is 0 Å². The van der Waals surface area contributed by atoms with Gasteiger partial charge in [-0.05, 0) is 75.9 Å². The predicted molar refractivity (Wildman–Crippen MR) is 136 cm³/mol. The molecule has 2 aromatic carbocycles. The minimum absolute atomic E-state index is 0.323. The van der Waals surface area contributed by atoms with Gasteiger partial charge in [0.25, 0.3) is 0 Å². The predicted octanol–water partition coefficient (Wildman–Crippen LogP) is 4.82. The Morgan fingerprint density at radius 3 is 1.53 bits per heavy atom. The highest BCUT2D eigenvalue weighted by Crippen LogP contribution is 2.29. The third-order valence-electron chi connectivity index (χ3n) is 5.78. The van der Waals surface area contributed by atoms with Crippen molar-refractivity contribution in [2.24, 2.45) is 0 Å². The Morgan fingerprint density at radius 2 is 1.18 bits per heavy atom. The lowest BCUT2D eigenvalue weighted by atomic mass is 10.1. The molecule has 0 spiro atoms. The van der Waals surface area contributed by atoms with Crippen molar-refractivity contribution >= 4 is 34.7 Å². The number of anilines is 4. The molecule has 8 nitrogen and oxygen atoms in total. The van der Waals surface area contributed by atoms with Gasteiger partial charge in [0, 0.05) is 12.1 Å². The van der Waals surface area contributed by atoms with Crippen molar-refractivity contribution in [2.75, 3.05) is 35.3 Å². The summed E-state index contributed by atoms with van der Waals surface area (Å²) in [5.41, 5.74) is 15.8. The topological polar surface area (TPSA) is 129 Å². The fraction of sp³-hybridized carbons (Fsp3) is 0.462. The van der Waals surface area contributed by atoms with E-state index in [9.17, 15) is 9.59 Å². The quantitative estimate of drug-likeness (QED) is 0.321. The van der Waals surface area contributed by atoms with Gasteiger partial charge in [0.1, 0.15) is 0 Å². The maximum Gasteiger partial charge on any atom is 0.338 e. The van der Waals surface area contributed by atoms with Crippen LogP contribution in [-0.2, 0) is 9.47 Å².